The maximum Gasteiger partial charge on any atom is 0.0370 e. The van der Waals surface area contributed by atoms with Gasteiger partial charge in [-0.15, -0.1) is 0 Å². The first-order valence-electron chi connectivity index (χ1n) is 2.17. The quantitative estimate of drug-likeness (QED) is 0.503. The lowest BCUT2D eigenvalue weighted by Crippen LogP contribution is -2.15. The number of hydrogen-bond acceptors (Lipinski definition) is 2. The van der Waals surface area contributed by atoms with Crippen LogP contribution in [0.25, 0.3) is 0 Å². The molecule has 2 N–H and O–H groups in total. The molecule has 0 aromatic carbocycles. The Bertz CT molecular complexity index is 74.1. The third-order valence-electron chi connectivity index (χ3n) is 0.427. The summed E-state index contributed by atoms with van der Waals surface area (Å²) in [6.07, 6.45) is 3.09. The van der Waals surface area contributed by atoms with E-state index in [9.17, 15) is 0 Å². The first-order valence-corrected chi connectivity index (χ1v) is 2.17. The molecule has 0 bridgehead atoms. The lowest BCUT2D eigenvalue weighted by atomic mass is 10.4. The van der Waals surface area contributed by atoms with Crippen molar-refractivity contribution < 1.29 is 0 Å². The van der Waals surface area contributed by atoms with E-state index in [0.29, 0.717) is 0 Å². The SMILES string of the molecule is C=C/N=C\C(C)N. The van der Waals surface area contributed by atoms with Crippen LogP contribution in [0.4, 0.5) is 0 Å². The summed E-state index contributed by atoms with van der Waals surface area (Å²) in [5, 5.41) is 0. The molecule has 0 radical (unpaired) electrons. The van der Waals surface area contributed by atoms with Gasteiger partial charge in [-0.2, -0.15) is 0 Å². The Morgan fingerprint density at radius 1 is 1.86 bits per heavy atom. The summed E-state index contributed by atoms with van der Waals surface area (Å²) >= 11 is 0. The predicted octanol–water partition coefficient (Wildman–Crippen LogP) is 0.548. The van der Waals surface area contributed by atoms with Gasteiger partial charge < -0.3 is 5.73 Å². The smallest absolute Gasteiger partial charge is 0.0370 e. The number of rotatable bonds is 2. The van der Waals surface area contributed by atoms with Gasteiger partial charge in [-0.3, -0.25) is 4.99 Å². The second-order valence-electron chi connectivity index (χ2n) is 1.34. The lowest BCUT2D eigenvalue weighted by molar-refractivity contribution is 0.995. The maximum absolute atomic E-state index is 5.28. The molecule has 0 aliphatic rings. The van der Waals surface area contributed by atoms with Crippen LogP contribution in [0.3, 0.4) is 0 Å². The van der Waals surface area contributed by atoms with E-state index in [-0.39, 0.29) is 6.04 Å². The molecule has 0 aromatic heterocycles. The predicted molar refractivity (Wildman–Crippen MR) is 32.3 cm³/mol. The molecule has 0 rings (SSSR count). The van der Waals surface area contributed by atoms with Crippen molar-refractivity contribution in [3.8, 4) is 0 Å². The van der Waals surface area contributed by atoms with Gasteiger partial charge in [0, 0.05) is 18.5 Å². The minimum atomic E-state index is 0.0398. The molecule has 0 spiro atoms. The molecule has 2 nitrogen and oxygen atoms in total. The van der Waals surface area contributed by atoms with E-state index in [1.165, 1.54) is 6.20 Å². The average molecular weight is 98.1 g/mol. The van der Waals surface area contributed by atoms with Crippen molar-refractivity contribution in [2.45, 2.75) is 13.0 Å². The summed E-state index contributed by atoms with van der Waals surface area (Å²) in [4.78, 5) is 3.69. The van der Waals surface area contributed by atoms with Gasteiger partial charge in [-0.25, -0.2) is 0 Å². The zero-order chi connectivity index (χ0) is 5.70. The summed E-state index contributed by atoms with van der Waals surface area (Å²) in [5.74, 6) is 0. The molecule has 0 aliphatic carbocycles. The molecule has 0 saturated carbocycles. The summed E-state index contributed by atoms with van der Waals surface area (Å²) in [5.41, 5.74) is 5.28. The Morgan fingerprint density at radius 3 is 2.57 bits per heavy atom. The van der Waals surface area contributed by atoms with Gasteiger partial charge in [-0.05, 0) is 6.92 Å². The van der Waals surface area contributed by atoms with E-state index >= 15 is 0 Å². The molecule has 7 heavy (non-hydrogen) atoms. The minimum Gasteiger partial charge on any atom is -0.323 e. The fourth-order valence-corrected chi connectivity index (χ4v) is 0.197. The third-order valence-corrected chi connectivity index (χ3v) is 0.427. The summed E-state index contributed by atoms with van der Waals surface area (Å²) in [6.45, 7) is 5.23. The highest BCUT2D eigenvalue weighted by molar-refractivity contribution is 5.63. The zero-order valence-corrected chi connectivity index (χ0v) is 4.46. The van der Waals surface area contributed by atoms with Gasteiger partial charge in [0.05, 0.1) is 0 Å². The minimum absolute atomic E-state index is 0.0398. The van der Waals surface area contributed by atoms with E-state index in [4.69, 9.17) is 5.73 Å². The van der Waals surface area contributed by atoms with E-state index in [1.54, 1.807) is 6.21 Å². The van der Waals surface area contributed by atoms with Gasteiger partial charge in [-0.1, -0.05) is 6.58 Å². The van der Waals surface area contributed by atoms with Crippen molar-refractivity contribution in [1.82, 2.24) is 0 Å². The second kappa shape index (κ2) is 3.56. The number of nitrogens with zero attached hydrogens (tertiary/aromatic N) is 1. The lowest BCUT2D eigenvalue weighted by Gasteiger charge is -1.87. The molecule has 0 amide bonds. The number of nitrogens with two attached hydrogens (primary N) is 1. The summed E-state index contributed by atoms with van der Waals surface area (Å²) in [7, 11) is 0. The van der Waals surface area contributed by atoms with Gasteiger partial charge >= 0.3 is 0 Å². The van der Waals surface area contributed by atoms with Crippen molar-refractivity contribution in [2.24, 2.45) is 10.7 Å². The van der Waals surface area contributed by atoms with Crippen molar-refractivity contribution >= 4 is 6.21 Å². The fourth-order valence-electron chi connectivity index (χ4n) is 0.197. The molecule has 40 valence electrons. The molecule has 0 saturated heterocycles. The molecular weight excluding hydrogens is 88.1 g/mol. The van der Waals surface area contributed by atoms with Crippen LogP contribution in [0.1, 0.15) is 6.92 Å². The van der Waals surface area contributed by atoms with Crippen molar-refractivity contribution in [1.29, 1.82) is 0 Å². The molecule has 2 heteroatoms. The monoisotopic (exact) mass is 98.1 g/mol. The molecule has 0 aliphatic heterocycles. The van der Waals surface area contributed by atoms with Crippen LogP contribution in [-0.2, 0) is 0 Å². The van der Waals surface area contributed by atoms with Crippen LogP contribution in [0.15, 0.2) is 17.8 Å². The van der Waals surface area contributed by atoms with Crippen molar-refractivity contribution in [3.05, 3.63) is 12.8 Å². The van der Waals surface area contributed by atoms with E-state index in [2.05, 4.69) is 11.6 Å². The molecule has 1 unspecified atom stereocenters. The van der Waals surface area contributed by atoms with E-state index in [0.717, 1.165) is 0 Å². The van der Waals surface area contributed by atoms with Crippen LogP contribution < -0.4 is 5.73 Å². The molecule has 1 atom stereocenters. The highest BCUT2D eigenvalue weighted by Crippen LogP contribution is 1.68. The van der Waals surface area contributed by atoms with Gasteiger partial charge in [0.1, 0.15) is 0 Å². The van der Waals surface area contributed by atoms with Crippen LogP contribution in [0.5, 0.6) is 0 Å². The van der Waals surface area contributed by atoms with Crippen LogP contribution in [0, 0.1) is 0 Å². The normalized spacial score (nSPS) is 14.6. The van der Waals surface area contributed by atoms with Crippen LogP contribution in [-0.4, -0.2) is 12.3 Å². The molecule has 0 aromatic rings. The summed E-state index contributed by atoms with van der Waals surface area (Å²) in [6, 6.07) is 0.0398. The van der Waals surface area contributed by atoms with E-state index in [1.807, 2.05) is 6.92 Å². The van der Waals surface area contributed by atoms with Crippen molar-refractivity contribution in [2.75, 3.05) is 0 Å². The highest BCUT2D eigenvalue weighted by Gasteiger charge is 1.78. The molecule has 0 fully saturated rings. The Balaban J connectivity index is 3.25. The Morgan fingerprint density at radius 2 is 2.43 bits per heavy atom. The Labute approximate surface area is 43.7 Å². The zero-order valence-electron chi connectivity index (χ0n) is 4.46. The second-order valence-corrected chi connectivity index (χ2v) is 1.34. The standard InChI is InChI=1S/C5H10N2/c1-3-7-4-5(2)6/h3-5H,1,6H2,2H3/b7-4-. The van der Waals surface area contributed by atoms with Crippen LogP contribution in [0.2, 0.25) is 0 Å². The van der Waals surface area contributed by atoms with Gasteiger partial charge in [0.2, 0.25) is 0 Å². The van der Waals surface area contributed by atoms with Gasteiger partial charge in [0.25, 0.3) is 0 Å². The first-order chi connectivity index (χ1) is 3.27. The van der Waals surface area contributed by atoms with E-state index < -0.39 is 0 Å². The Hall–Kier alpha value is -0.630. The molecule has 0 heterocycles. The average Bonchev–Trinajstić information content (AvgIpc) is 1.61. The maximum atomic E-state index is 5.28. The number of aliphatic imine (C=N–C) groups is 1. The van der Waals surface area contributed by atoms with Gasteiger partial charge in [0.15, 0.2) is 0 Å². The first kappa shape index (κ1) is 6.37. The largest absolute Gasteiger partial charge is 0.323 e. The topological polar surface area (TPSA) is 38.4 Å². The fraction of sp³-hybridized carbons (Fsp3) is 0.400. The highest BCUT2D eigenvalue weighted by atomic mass is 14.7. The van der Waals surface area contributed by atoms with Crippen LogP contribution >= 0.6 is 0 Å². The Kier molecular flexibility index (Phi) is 3.24. The summed E-state index contributed by atoms with van der Waals surface area (Å²) < 4.78 is 0. The third kappa shape index (κ3) is 5.37. The van der Waals surface area contributed by atoms with Crippen molar-refractivity contribution in [3.63, 3.8) is 0 Å². The molecular formula is C5H10N2. The number of hydrogen-bond donors (Lipinski definition) is 1.